The second-order valence-electron chi connectivity index (χ2n) is 2.85. The average Bonchev–Trinajstić information content (AvgIpc) is 2.18. The van der Waals surface area contributed by atoms with E-state index in [-0.39, 0.29) is 24.0 Å². The lowest BCUT2D eigenvalue weighted by Crippen LogP contribution is -2.29. The van der Waals surface area contributed by atoms with E-state index >= 15 is 0 Å². The number of hydrogen-bond donors (Lipinski definition) is 2. The number of carbonyl (C=O) groups is 2. The molecule has 1 rings (SSSR count). The van der Waals surface area contributed by atoms with Crippen molar-refractivity contribution in [2.24, 2.45) is 0 Å². The van der Waals surface area contributed by atoms with Crippen molar-refractivity contribution < 1.29 is 19.4 Å². The normalized spacial score (nSPS) is 9.40. The van der Waals surface area contributed by atoms with Gasteiger partial charge in [-0.1, -0.05) is 12.1 Å². The van der Waals surface area contributed by atoms with E-state index in [2.05, 4.69) is 5.32 Å². The molecule has 5 nitrogen and oxygen atoms in total. The minimum atomic E-state index is -0.633. The van der Waals surface area contributed by atoms with Gasteiger partial charge in [-0.2, -0.15) is 0 Å². The van der Waals surface area contributed by atoms with Crippen molar-refractivity contribution in [2.45, 2.75) is 6.92 Å². The van der Waals surface area contributed by atoms with Crippen molar-refractivity contribution >= 4 is 11.9 Å². The van der Waals surface area contributed by atoms with Crippen molar-refractivity contribution in [3.63, 3.8) is 0 Å². The van der Waals surface area contributed by atoms with Gasteiger partial charge in [-0.05, 0) is 12.1 Å². The predicted molar refractivity (Wildman–Crippen MR) is 52.4 cm³/mol. The van der Waals surface area contributed by atoms with Crippen LogP contribution in [-0.2, 0) is 9.59 Å². The third-order valence-corrected chi connectivity index (χ3v) is 1.57. The highest BCUT2D eigenvalue weighted by molar-refractivity contribution is 5.81. The van der Waals surface area contributed by atoms with Gasteiger partial charge < -0.3 is 15.2 Å². The van der Waals surface area contributed by atoms with Gasteiger partial charge in [-0.3, -0.25) is 4.79 Å². The molecule has 1 aromatic rings. The number of phenolic OH excluding ortho intramolecular Hbond substituents is 1. The summed E-state index contributed by atoms with van der Waals surface area (Å²) in [6.45, 7) is 1.08. The summed E-state index contributed by atoms with van der Waals surface area (Å²) < 4.78 is 4.79. The summed E-state index contributed by atoms with van der Waals surface area (Å²) in [5, 5.41) is 11.6. The second kappa shape index (κ2) is 4.99. The quantitative estimate of drug-likeness (QED) is 0.559. The number of esters is 1. The predicted octanol–water partition coefficient (Wildman–Crippen LogP) is 0.434. The Labute approximate surface area is 86.7 Å². The summed E-state index contributed by atoms with van der Waals surface area (Å²) in [5.41, 5.74) is 0. The van der Waals surface area contributed by atoms with E-state index in [4.69, 9.17) is 4.74 Å². The summed E-state index contributed by atoms with van der Waals surface area (Å²) in [5.74, 6) is -0.988. The second-order valence-corrected chi connectivity index (χ2v) is 2.85. The Bertz CT molecular complexity index is 375. The van der Waals surface area contributed by atoms with E-state index in [1.54, 1.807) is 12.1 Å². The number of aromatic hydroxyl groups is 1. The van der Waals surface area contributed by atoms with E-state index in [1.807, 2.05) is 0 Å². The molecular weight excluding hydrogens is 198 g/mol. The molecule has 1 aromatic carbocycles. The van der Waals surface area contributed by atoms with Gasteiger partial charge in [0.1, 0.15) is 6.54 Å². The maximum Gasteiger partial charge on any atom is 0.330 e. The Morgan fingerprint density at radius 1 is 1.40 bits per heavy atom. The van der Waals surface area contributed by atoms with Gasteiger partial charge in [0.15, 0.2) is 11.5 Å². The lowest BCUT2D eigenvalue weighted by atomic mass is 10.3. The van der Waals surface area contributed by atoms with Crippen LogP contribution in [-0.4, -0.2) is 23.5 Å². The van der Waals surface area contributed by atoms with Gasteiger partial charge in [-0.25, -0.2) is 4.79 Å². The lowest BCUT2D eigenvalue weighted by Gasteiger charge is -2.05. The standard InChI is InChI=1S/C10H11NO4/c1-7(12)11-6-10(14)15-9-5-3-2-4-8(9)13/h2-5,13H,6H2,1H3,(H,11,12). The molecule has 0 radical (unpaired) electrons. The molecule has 0 aliphatic carbocycles. The van der Waals surface area contributed by atoms with E-state index in [0.717, 1.165) is 0 Å². The number of rotatable bonds is 3. The van der Waals surface area contributed by atoms with Gasteiger partial charge in [0.25, 0.3) is 0 Å². The van der Waals surface area contributed by atoms with Crippen LogP contribution in [0.2, 0.25) is 0 Å². The fourth-order valence-electron chi connectivity index (χ4n) is 0.899. The van der Waals surface area contributed by atoms with Crippen molar-refractivity contribution in [1.82, 2.24) is 5.32 Å². The molecule has 0 aliphatic heterocycles. The zero-order chi connectivity index (χ0) is 11.3. The first-order chi connectivity index (χ1) is 7.09. The summed E-state index contributed by atoms with van der Waals surface area (Å²) in [4.78, 5) is 21.6. The third-order valence-electron chi connectivity index (χ3n) is 1.57. The Balaban J connectivity index is 2.52. The minimum Gasteiger partial charge on any atom is -0.504 e. The van der Waals surface area contributed by atoms with Crippen LogP contribution < -0.4 is 10.1 Å². The van der Waals surface area contributed by atoms with E-state index in [1.165, 1.54) is 19.1 Å². The molecule has 80 valence electrons. The highest BCUT2D eigenvalue weighted by Gasteiger charge is 2.07. The van der Waals surface area contributed by atoms with E-state index in [0.29, 0.717) is 0 Å². The van der Waals surface area contributed by atoms with Crippen LogP contribution >= 0.6 is 0 Å². The maximum atomic E-state index is 11.1. The summed E-state index contributed by atoms with van der Waals surface area (Å²) >= 11 is 0. The van der Waals surface area contributed by atoms with Crippen LogP contribution in [0, 0.1) is 0 Å². The maximum absolute atomic E-state index is 11.1. The van der Waals surface area contributed by atoms with Gasteiger partial charge >= 0.3 is 5.97 Å². The minimum absolute atomic E-state index is 0.0767. The Hall–Kier alpha value is -2.04. The Morgan fingerprint density at radius 2 is 2.07 bits per heavy atom. The summed E-state index contributed by atoms with van der Waals surface area (Å²) in [6, 6.07) is 6.10. The Kier molecular flexibility index (Phi) is 3.68. The molecular formula is C10H11NO4. The summed E-state index contributed by atoms with van der Waals surface area (Å²) in [7, 11) is 0. The molecule has 15 heavy (non-hydrogen) atoms. The van der Waals surface area contributed by atoms with Crippen molar-refractivity contribution in [1.29, 1.82) is 0 Å². The number of amides is 1. The van der Waals surface area contributed by atoms with Gasteiger partial charge in [0.05, 0.1) is 0 Å². The fraction of sp³-hybridized carbons (Fsp3) is 0.200. The monoisotopic (exact) mass is 209 g/mol. The number of phenols is 1. The van der Waals surface area contributed by atoms with Crippen LogP contribution in [0.25, 0.3) is 0 Å². The Morgan fingerprint density at radius 3 is 2.67 bits per heavy atom. The first-order valence-corrected chi connectivity index (χ1v) is 4.32. The zero-order valence-electron chi connectivity index (χ0n) is 8.19. The largest absolute Gasteiger partial charge is 0.504 e. The molecule has 1 amide bonds. The number of hydrogen-bond acceptors (Lipinski definition) is 4. The van der Waals surface area contributed by atoms with Crippen LogP contribution in [0.5, 0.6) is 11.5 Å². The van der Waals surface area contributed by atoms with Crippen molar-refractivity contribution in [3.05, 3.63) is 24.3 Å². The smallest absolute Gasteiger partial charge is 0.330 e. The average molecular weight is 209 g/mol. The first kappa shape index (κ1) is 11.0. The molecule has 5 heteroatoms. The lowest BCUT2D eigenvalue weighted by molar-refractivity contribution is -0.135. The van der Waals surface area contributed by atoms with Crippen molar-refractivity contribution in [3.8, 4) is 11.5 Å². The van der Waals surface area contributed by atoms with Crippen molar-refractivity contribution in [2.75, 3.05) is 6.54 Å². The molecule has 0 saturated heterocycles. The number of ether oxygens (including phenoxy) is 1. The van der Waals surface area contributed by atoms with Crippen LogP contribution in [0.4, 0.5) is 0 Å². The molecule has 0 spiro atoms. The molecule has 0 heterocycles. The molecule has 0 bridgehead atoms. The molecule has 2 N–H and O–H groups in total. The zero-order valence-corrected chi connectivity index (χ0v) is 8.19. The van der Waals surface area contributed by atoms with Crippen LogP contribution in [0.1, 0.15) is 6.92 Å². The molecule has 0 aromatic heterocycles. The highest BCUT2D eigenvalue weighted by atomic mass is 16.5. The molecule has 0 atom stereocenters. The fourth-order valence-corrected chi connectivity index (χ4v) is 0.899. The summed E-state index contributed by atoms with van der Waals surface area (Å²) in [6.07, 6.45) is 0. The van der Waals surface area contributed by atoms with E-state index < -0.39 is 5.97 Å². The van der Waals surface area contributed by atoms with Crippen LogP contribution in [0.3, 0.4) is 0 Å². The number of benzene rings is 1. The topological polar surface area (TPSA) is 75.6 Å². The molecule has 0 aliphatic rings. The first-order valence-electron chi connectivity index (χ1n) is 4.32. The van der Waals surface area contributed by atoms with E-state index in [9.17, 15) is 14.7 Å². The number of para-hydroxylation sites is 2. The van der Waals surface area contributed by atoms with Gasteiger partial charge in [0.2, 0.25) is 5.91 Å². The van der Waals surface area contributed by atoms with Crippen LogP contribution in [0.15, 0.2) is 24.3 Å². The molecule has 0 fully saturated rings. The van der Waals surface area contributed by atoms with Gasteiger partial charge in [0, 0.05) is 6.92 Å². The molecule has 0 unspecified atom stereocenters. The third kappa shape index (κ3) is 3.68. The number of carbonyl (C=O) groups excluding carboxylic acids is 2. The SMILES string of the molecule is CC(=O)NCC(=O)Oc1ccccc1O. The van der Waals surface area contributed by atoms with Gasteiger partial charge in [-0.15, -0.1) is 0 Å². The number of nitrogens with one attached hydrogen (secondary N) is 1. The molecule has 0 saturated carbocycles. The highest BCUT2D eigenvalue weighted by Crippen LogP contribution is 2.24.